The summed E-state index contributed by atoms with van der Waals surface area (Å²) in [5.74, 6) is -0.601. The molecule has 1 amide bonds. The van der Waals surface area contributed by atoms with Gasteiger partial charge in [0.15, 0.2) is 0 Å². The second-order valence-electron chi connectivity index (χ2n) is 4.18. The molecule has 6 nitrogen and oxygen atoms in total. The molecule has 0 aliphatic carbocycles. The third kappa shape index (κ3) is 5.20. The Morgan fingerprint density at radius 2 is 1.95 bits per heavy atom. The lowest BCUT2D eigenvalue weighted by Crippen LogP contribution is -2.36. The van der Waals surface area contributed by atoms with E-state index in [1.54, 1.807) is 24.3 Å². The number of benzene rings is 1. The van der Waals surface area contributed by atoms with Crippen molar-refractivity contribution in [3.05, 3.63) is 40.0 Å². The Hall–Kier alpha value is -1.78. The van der Waals surface area contributed by atoms with E-state index in [1.165, 1.54) is 11.1 Å². The average Bonchev–Trinajstić information content (AvgIpc) is 2.50. The number of carbonyl (C=O) groups is 1. The Kier molecular flexibility index (Phi) is 7.71. The molecule has 0 radical (unpaired) electrons. The summed E-state index contributed by atoms with van der Waals surface area (Å²) in [6, 6.07) is 6.52. The van der Waals surface area contributed by atoms with E-state index in [0.717, 1.165) is 0 Å². The molecule has 1 aromatic rings. The summed E-state index contributed by atoms with van der Waals surface area (Å²) < 4.78 is 0. The summed E-state index contributed by atoms with van der Waals surface area (Å²) in [5.41, 5.74) is 0.267. The second-order valence-corrected chi connectivity index (χ2v) is 5.02. The summed E-state index contributed by atoms with van der Waals surface area (Å²) in [6.45, 7) is -0.483. The smallest absolute Gasteiger partial charge is 0.266 e. The molecule has 0 heterocycles. The molecule has 0 fully saturated rings. The molecule has 0 bridgehead atoms. The first kappa shape index (κ1) is 18.3. The van der Waals surface area contributed by atoms with Crippen LogP contribution in [0.25, 0.3) is 0 Å². The van der Waals surface area contributed by atoms with Crippen LogP contribution in [-0.4, -0.2) is 47.3 Å². The molecule has 8 heteroatoms. The van der Waals surface area contributed by atoms with Crippen LogP contribution < -0.4 is 5.32 Å². The monoisotopic (exact) mass is 343 g/mol. The molecule has 1 rings (SSSR count). The van der Waals surface area contributed by atoms with Crippen LogP contribution in [0, 0.1) is 11.3 Å². The van der Waals surface area contributed by atoms with Crippen LogP contribution in [0.1, 0.15) is 0 Å². The number of hydrogen-bond donors (Lipinski definition) is 3. The summed E-state index contributed by atoms with van der Waals surface area (Å²) in [7, 11) is 0. The second kappa shape index (κ2) is 9.28. The number of aliphatic hydroxyl groups excluding tert-OH is 2. The van der Waals surface area contributed by atoms with Crippen LogP contribution in [0.5, 0.6) is 0 Å². The predicted octanol–water partition coefficient (Wildman–Crippen LogP) is 1.63. The number of carbonyl (C=O) groups excluding carboxylic acids is 1. The first-order valence-electron chi connectivity index (χ1n) is 6.36. The van der Waals surface area contributed by atoms with Gasteiger partial charge in [-0.3, -0.25) is 4.79 Å². The van der Waals surface area contributed by atoms with Gasteiger partial charge in [-0.1, -0.05) is 23.2 Å². The SMILES string of the molecule is N#C/C(=C/Nc1cc(Cl)ccc1Cl)C(=O)N(CCO)CCO. The van der Waals surface area contributed by atoms with Crippen molar-refractivity contribution in [1.29, 1.82) is 5.26 Å². The largest absolute Gasteiger partial charge is 0.395 e. The molecule has 3 N–H and O–H groups in total. The highest BCUT2D eigenvalue weighted by atomic mass is 35.5. The van der Waals surface area contributed by atoms with Gasteiger partial charge in [-0.25, -0.2) is 0 Å². The molecule has 0 saturated heterocycles. The van der Waals surface area contributed by atoms with Gasteiger partial charge in [-0.2, -0.15) is 5.26 Å². The van der Waals surface area contributed by atoms with E-state index in [0.29, 0.717) is 15.7 Å². The van der Waals surface area contributed by atoms with Crippen LogP contribution in [0.2, 0.25) is 10.0 Å². The molecular weight excluding hydrogens is 329 g/mol. The molecule has 0 saturated carbocycles. The maximum atomic E-state index is 12.1. The fourth-order valence-electron chi connectivity index (χ4n) is 1.63. The third-order valence-corrected chi connectivity index (χ3v) is 3.24. The molecule has 0 aliphatic heterocycles. The predicted molar refractivity (Wildman–Crippen MR) is 84.5 cm³/mol. The van der Waals surface area contributed by atoms with Crippen molar-refractivity contribution in [2.45, 2.75) is 0 Å². The number of amides is 1. The Morgan fingerprint density at radius 3 is 2.50 bits per heavy atom. The maximum Gasteiger partial charge on any atom is 0.266 e. The fourth-order valence-corrected chi connectivity index (χ4v) is 1.97. The fraction of sp³-hybridized carbons (Fsp3) is 0.286. The molecular formula is C14H15Cl2N3O3. The van der Waals surface area contributed by atoms with Crippen molar-refractivity contribution in [3.63, 3.8) is 0 Å². The molecule has 1 aromatic carbocycles. The quantitative estimate of drug-likeness (QED) is 0.516. The van der Waals surface area contributed by atoms with Crippen LogP contribution >= 0.6 is 23.2 Å². The maximum absolute atomic E-state index is 12.1. The molecule has 0 spiro atoms. The number of halogens is 2. The summed E-state index contributed by atoms with van der Waals surface area (Å²) in [5, 5.41) is 30.5. The minimum Gasteiger partial charge on any atom is -0.395 e. The van der Waals surface area contributed by atoms with Gasteiger partial charge < -0.3 is 20.4 Å². The van der Waals surface area contributed by atoms with Crippen molar-refractivity contribution in [2.75, 3.05) is 31.6 Å². The number of rotatable bonds is 7. The first-order valence-corrected chi connectivity index (χ1v) is 7.12. The molecule has 0 aliphatic rings. The lowest BCUT2D eigenvalue weighted by molar-refractivity contribution is -0.127. The van der Waals surface area contributed by atoms with Crippen LogP contribution in [0.15, 0.2) is 30.0 Å². The standard InChI is InChI=1S/C14H15Cl2N3O3/c15-11-1-2-12(16)13(7-11)18-9-10(8-17)14(22)19(3-5-20)4-6-21/h1-2,7,9,18,20-21H,3-6H2/b10-9-. The summed E-state index contributed by atoms with van der Waals surface area (Å²) in [6.07, 6.45) is 1.21. The normalized spacial score (nSPS) is 11.0. The third-order valence-electron chi connectivity index (χ3n) is 2.68. The Bertz CT molecular complexity index is 593. The first-order chi connectivity index (χ1) is 10.5. The van der Waals surface area contributed by atoms with E-state index in [-0.39, 0.29) is 31.9 Å². The van der Waals surface area contributed by atoms with Crippen molar-refractivity contribution < 1.29 is 15.0 Å². The Labute approximate surface area is 138 Å². The zero-order valence-electron chi connectivity index (χ0n) is 11.6. The highest BCUT2D eigenvalue weighted by Crippen LogP contribution is 2.25. The van der Waals surface area contributed by atoms with Gasteiger partial charge >= 0.3 is 0 Å². The van der Waals surface area contributed by atoms with E-state index < -0.39 is 5.91 Å². The van der Waals surface area contributed by atoms with Crippen LogP contribution in [-0.2, 0) is 4.79 Å². The van der Waals surface area contributed by atoms with Crippen molar-refractivity contribution in [2.24, 2.45) is 0 Å². The Balaban J connectivity index is 2.92. The average molecular weight is 344 g/mol. The van der Waals surface area contributed by atoms with Gasteiger partial charge in [-0.05, 0) is 18.2 Å². The van der Waals surface area contributed by atoms with E-state index in [2.05, 4.69) is 5.32 Å². The topological polar surface area (TPSA) is 96.6 Å². The zero-order chi connectivity index (χ0) is 16.5. The lowest BCUT2D eigenvalue weighted by atomic mass is 10.2. The van der Waals surface area contributed by atoms with Gasteiger partial charge in [0.25, 0.3) is 5.91 Å². The molecule has 118 valence electrons. The summed E-state index contributed by atoms with van der Waals surface area (Å²) >= 11 is 11.8. The van der Waals surface area contributed by atoms with E-state index in [4.69, 9.17) is 38.7 Å². The van der Waals surface area contributed by atoms with E-state index in [9.17, 15) is 4.79 Å². The highest BCUT2D eigenvalue weighted by molar-refractivity contribution is 6.35. The minimum atomic E-state index is -0.601. The molecule has 0 unspecified atom stereocenters. The number of nitrogens with zero attached hydrogens (tertiary/aromatic N) is 2. The zero-order valence-corrected chi connectivity index (χ0v) is 13.1. The summed E-state index contributed by atoms with van der Waals surface area (Å²) in [4.78, 5) is 13.3. The number of nitrogens with one attached hydrogen (secondary N) is 1. The number of nitriles is 1. The van der Waals surface area contributed by atoms with Crippen LogP contribution in [0.4, 0.5) is 5.69 Å². The number of anilines is 1. The highest BCUT2D eigenvalue weighted by Gasteiger charge is 2.17. The van der Waals surface area contributed by atoms with E-state index in [1.807, 2.05) is 0 Å². The van der Waals surface area contributed by atoms with Crippen molar-refractivity contribution in [3.8, 4) is 6.07 Å². The Morgan fingerprint density at radius 1 is 1.32 bits per heavy atom. The van der Waals surface area contributed by atoms with Gasteiger partial charge in [-0.15, -0.1) is 0 Å². The van der Waals surface area contributed by atoms with Crippen molar-refractivity contribution in [1.82, 2.24) is 4.90 Å². The minimum absolute atomic E-state index is 0.0241. The molecule has 0 aromatic heterocycles. The molecule has 0 atom stereocenters. The van der Waals surface area contributed by atoms with E-state index >= 15 is 0 Å². The van der Waals surface area contributed by atoms with Gasteiger partial charge in [0.2, 0.25) is 0 Å². The van der Waals surface area contributed by atoms with Gasteiger partial charge in [0.05, 0.1) is 23.9 Å². The van der Waals surface area contributed by atoms with Gasteiger partial charge in [0, 0.05) is 24.3 Å². The van der Waals surface area contributed by atoms with Crippen molar-refractivity contribution >= 4 is 34.8 Å². The van der Waals surface area contributed by atoms with Gasteiger partial charge in [0.1, 0.15) is 11.6 Å². The van der Waals surface area contributed by atoms with Crippen LogP contribution in [0.3, 0.4) is 0 Å². The molecule has 22 heavy (non-hydrogen) atoms. The number of aliphatic hydroxyl groups is 2. The number of hydrogen-bond acceptors (Lipinski definition) is 5. The lowest BCUT2D eigenvalue weighted by Gasteiger charge is -2.20.